The number of hydrogen-bond acceptors (Lipinski definition) is 8. The van der Waals surface area contributed by atoms with Crippen LogP contribution in [0.5, 0.6) is 0 Å². The number of aliphatic hydroxyl groups is 1. The summed E-state index contributed by atoms with van der Waals surface area (Å²) in [6, 6.07) is 0. The molecule has 5 fully saturated rings. The number of esters is 2. The van der Waals surface area contributed by atoms with E-state index in [2.05, 4.69) is 6.92 Å². The number of fused-ring (bicyclic) bond motifs is 4. The van der Waals surface area contributed by atoms with Gasteiger partial charge in [0.25, 0.3) is 0 Å². The van der Waals surface area contributed by atoms with Crippen molar-refractivity contribution >= 4 is 11.9 Å². The lowest BCUT2D eigenvalue weighted by molar-refractivity contribution is -0.251. The lowest BCUT2D eigenvalue weighted by Gasteiger charge is -2.58. The smallest absolute Gasteiger partial charge is 0.330 e. The topological polar surface area (TPSA) is 107 Å². The summed E-state index contributed by atoms with van der Waals surface area (Å²) < 4.78 is 30.1. The minimum atomic E-state index is -1.06. The zero-order valence-corrected chi connectivity index (χ0v) is 18.3. The zero-order valence-electron chi connectivity index (χ0n) is 18.3. The van der Waals surface area contributed by atoms with Gasteiger partial charge in [0.05, 0.1) is 23.7 Å². The summed E-state index contributed by atoms with van der Waals surface area (Å²) in [6.07, 6.45) is 4.17. The Hall–Kier alpha value is -1.74. The molecule has 31 heavy (non-hydrogen) atoms. The number of aliphatic hydroxyl groups excluding tert-OH is 1. The van der Waals surface area contributed by atoms with E-state index in [0.717, 1.165) is 6.42 Å². The lowest BCUT2D eigenvalue weighted by atomic mass is 9.50. The van der Waals surface area contributed by atoms with E-state index in [1.807, 2.05) is 6.92 Å². The molecule has 0 aromatic heterocycles. The third-order valence-electron chi connectivity index (χ3n) is 8.46. The molecule has 3 heterocycles. The van der Waals surface area contributed by atoms with Gasteiger partial charge in [0.2, 0.25) is 0 Å². The first-order valence-electron chi connectivity index (χ1n) is 11.0. The van der Waals surface area contributed by atoms with Gasteiger partial charge in [-0.2, -0.15) is 0 Å². The van der Waals surface area contributed by atoms with Crippen molar-refractivity contribution in [1.29, 1.82) is 0 Å². The molecule has 9 atom stereocenters. The summed E-state index contributed by atoms with van der Waals surface area (Å²) in [5.74, 6) is -0.977. The lowest BCUT2D eigenvalue weighted by Crippen LogP contribution is -2.69. The highest BCUT2D eigenvalue weighted by atomic mass is 16.7. The van der Waals surface area contributed by atoms with Crippen molar-refractivity contribution in [2.75, 3.05) is 13.2 Å². The van der Waals surface area contributed by atoms with E-state index < -0.39 is 52.8 Å². The van der Waals surface area contributed by atoms with Crippen LogP contribution in [-0.4, -0.2) is 72.0 Å². The summed E-state index contributed by atoms with van der Waals surface area (Å²) in [5.41, 5.74) is -2.64. The highest BCUT2D eigenvalue weighted by Crippen LogP contribution is 2.74. The van der Waals surface area contributed by atoms with Gasteiger partial charge in [-0.05, 0) is 33.6 Å². The van der Waals surface area contributed by atoms with Crippen molar-refractivity contribution in [3.05, 3.63) is 24.3 Å². The van der Waals surface area contributed by atoms with Crippen LogP contribution in [0.1, 0.15) is 40.5 Å². The van der Waals surface area contributed by atoms with Crippen LogP contribution in [-0.2, 0) is 33.3 Å². The van der Waals surface area contributed by atoms with Crippen LogP contribution in [0.3, 0.4) is 0 Å². The zero-order chi connectivity index (χ0) is 22.2. The molecule has 170 valence electrons. The van der Waals surface area contributed by atoms with Crippen LogP contribution in [0.2, 0.25) is 0 Å². The molecule has 1 spiro atoms. The largest absolute Gasteiger partial charge is 0.462 e. The fourth-order valence-corrected chi connectivity index (χ4v) is 6.58. The Morgan fingerprint density at radius 2 is 1.74 bits per heavy atom. The Labute approximate surface area is 181 Å². The van der Waals surface area contributed by atoms with Gasteiger partial charge in [0.15, 0.2) is 0 Å². The number of hydrogen-bond donors (Lipinski definition) is 1. The molecule has 2 saturated carbocycles. The maximum Gasteiger partial charge on any atom is 0.330 e. The second-order valence-electron chi connectivity index (χ2n) is 9.82. The SMILES string of the molecule is C/C=C/C(=O)OC[C@]12CC[C@@]3(C)OC3C1OC1[C@H](O)[C@@H](OC(=O)/C=C/C)[C@@]2(C)C12CO2. The van der Waals surface area contributed by atoms with Crippen LogP contribution in [0.15, 0.2) is 24.3 Å². The maximum atomic E-state index is 12.4. The number of allylic oxidation sites excluding steroid dienone is 2. The molecule has 2 aliphatic carbocycles. The predicted octanol–water partition coefficient (Wildman–Crippen LogP) is 1.45. The standard InChI is InChI=1S/C23H30O8/c1-5-7-13(24)27-11-22-10-9-20(3)18(31-20)19(22)30-17-15(26)16(29-14(25)8-6-2)21(22,4)23(17)12-28-23/h5-8,15-19,26H,9-12H2,1-4H3/b7-5+,8-6+/t15-,16-,17?,18?,19?,20-,21-,22-,23?/m1/s1. The quantitative estimate of drug-likeness (QED) is 0.394. The molecule has 3 aliphatic heterocycles. The molecule has 8 nitrogen and oxygen atoms in total. The van der Waals surface area contributed by atoms with Crippen LogP contribution >= 0.6 is 0 Å². The first-order chi connectivity index (χ1) is 14.7. The van der Waals surface area contributed by atoms with E-state index in [9.17, 15) is 14.7 Å². The van der Waals surface area contributed by atoms with Gasteiger partial charge < -0.3 is 28.8 Å². The Morgan fingerprint density at radius 3 is 2.39 bits per heavy atom. The van der Waals surface area contributed by atoms with Gasteiger partial charge in [-0.3, -0.25) is 0 Å². The Bertz CT molecular complexity index is 862. The first-order valence-corrected chi connectivity index (χ1v) is 11.0. The molecule has 4 unspecified atom stereocenters. The molecular formula is C23H30O8. The first kappa shape index (κ1) is 21.1. The minimum absolute atomic E-state index is 0.0650. The molecule has 1 N–H and O–H groups in total. The summed E-state index contributed by atoms with van der Waals surface area (Å²) >= 11 is 0. The molecule has 8 heteroatoms. The predicted molar refractivity (Wildman–Crippen MR) is 107 cm³/mol. The summed E-state index contributed by atoms with van der Waals surface area (Å²) in [7, 11) is 0. The number of epoxide rings is 2. The van der Waals surface area contributed by atoms with Crippen LogP contribution < -0.4 is 0 Å². The fraction of sp³-hybridized carbons (Fsp3) is 0.739. The van der Waals surface area contributed by atoms with E-state index in [-0.39, 0.29) is 18.3 Å². The van der Waals surface area contributed by atoms with E-state index in [1.54, 1.807) is 26.0 Å². The van der Waals surface area contributed by atoms with Crippen LogP contribution in [0.4, 0.5) is 0 Å². The molecule has 3 saturated heterocycles. The third kappa shape index (κ3) is 2.56. The molecule has 5 rings (SSSR count). The Balaban J connectivity index is 1.58. The molecule has 2 bridgehead atoms. The van der Waals surface area contributed by atoms with E-state index in [4.69, 9.17) is 23.7 Å². The summed E-state index contributed by atoms with van der Waals surface area (Å²) in [6.45, 7) is 7.98. The molecule has 0 amide bonds. The number of carbonyl (C=O) groups excluding carboxylic acids is 2. The van der Waals surface area contributed by atoms with Crippen LogP contribution in [0, 0.1) is 10.8 Å². The van der Waals surface area contributed by atoms with Crippen molar-refractivity contribution in [3.63, 3.8) is 0 Å². The Kier molecular flexibility index (Phi) is 4.52. The van der Waals surface area contributed by atoms with E-state index in [1.165, 1.54) is 12.2 Å². The highest BCUT2D eigenvalue weighted by Gasteiger charge is 2.88. The van der Waals surface area contributed by atoms with Gasteiger partial charge in [-0.25, -0.2) is 9.59 Å². The molecule has 0 aromatic rings. The molecule has 0 aromatic carbocycles. The van der Waals surface area contributed by atoms with Crippen molar-refractivity contribution < 1.29 is 38.4 Å². The summed E-state index contributed by atoms with van der Waals surface area (Å²) in [5, 5.41) is 11.2. The fourth-order valence-electron chi connectivity index (χ4n) is 6.58. The van der Waals surface area contributed by atoms with Crippen molar-refractivity contribution in [2.24, 2.45) is 10.8 Å². The molecular weight excluding hydrogens is 404 g/mol. The van der Waals surface area contributed by atoms with Gasteiger partial charge in [0.1, 0.15) is 36.6 Å². The second kappa shape index (κ2) is 6.63. The van der Waals surface area contributed by atoms with Gasteiger partial charge >= 0.3 is 11.9 Å². The van der Waals surface area contributed by atoms with Crippen molar-refractivity contribution in [2.45, 2.75) is 82.3 Å². The normalized spacial score (nSPS) is 51.6. The molecule has 0 radical (unpaired) electrons. The summed E-state index contributed by atoms with van der Waals surface area (Å²) in [4.78, 5) is 24.7. The van der Waals surface area contributed by atoms with Crippen LogP contribution in [0.25, 0.3) is 0 Å². The maximum absolute atomic E-state index is 12.4. The van der Waals surface area contributed by atoms with Gasteiger partial charge in [-0.15, -0.1) is 0 Å². The average Bonchev–Trinajstić information content (AvgIpc) is 3.62. The van der Waals surface area contributed by atoms with Crippen molar-refractivity contribution in [3.8, 4) is 0 Å². The molecule has 5 aliphatic rings. The second-order valence-corrected chi connectivity index (χ2v) is 9.82. The number of ether oxygens (including phenoxy) is 5. The minimum Gasteiger partial charge on any atom is -0.462 e. The van der Waals surface area contributed by atoms with E-state index >= 15 is 0 Å². The van der Waals surface area contributed by atoms with Crippen molar-refractivity contribution in [1.82, 2.24) is 0 Å². The highest BCUT2D eigenvalue weighted by molar-refractivity contribution is 5.82. The monoisotopic (exact) mass is 434 g/mol. The average molecular weight is 434 g/mol. The van der Waals surface area contributed by atoms with Gasteiger partial charge in [0, 0.05) is 17.6 Å². The number of rotatable bonds is 5. The van der Waals surface area contributed by atoms with Gasteiger partial charge in [-0.1, -0.05) is 19.1 Å². The third-order valence-corrected chi connectivity index (χ3v) is 8.46. The van der Waals surface area contributed by atoms with E-state index in [0.29, 0.717) is 13.0 Å². The number of carbonyl (C=O) groups is 2. The Morgan fingerprint density at radius 1 is 1.06 bits per heavy atom.